The van der Waals surface area contributed by atoms with Crippen LogP contribution in [0, 0.1) is 0 Å². The van der Waals surface area contributed by atoms with E-state index in [0.29, 0.717) is 0 Å². The third-order valence-electron chi connectivity index (χ3n) is 1.93. The number of rotatable bonds is 3. The molecule has 64 valence electrons. The topological polar surface area (TPSA) is 48.2 Å². The highest BCUT2D eigenvalue weighted by atomic mass is 15.3. The Bertz CT molecular complexity index is 360. The fourth-order valence-corrected chi connectivity index (χ4v) is 1.32. The van der Waals surface area contributed by atoms with Crippen molar-refractivity contribution >= 4 is 5.65 Å². The van der Waals surface area contributed by atoms with E-state index in [4.69, 9.17) is 5.73 Å². The number of aryl methyl sites for hydroxylation is 1. The van der Waals surface area contributed by atoms with Crippen LogP contribution in [0.3, 0.4) is 0 Å². The Morgan fingerprint density at radius 3 is 3.17 bits per heavy atom. The largest absolute Gasteiger partial charge is 0.331 e. The first-order chi connectivity index (χ1) is 5.92. The molecule has 4 heteroatoms. The SMILES string of the molecule is NCCCn1ccn2nccc12. The Labute approximate surface area is 70.6 Å². The van der Waals surface area contributed by atoms with Gasteiger partial charge in [0.25, 0.3) is 0 Å². The van der Waals surface area contributed by atoms with Crippen LogP contribution in [-0.4, -0.2) is 20.7 Å². The van der Waals surface area contributed by atoms with Gasteiger partial charge < -0.3 is 10.3 Å². The van der Waals surface area contributed by atoms with Gasteiger partial charge in [-0.25, -0.2) is 4.52 Å². The molecule has 4 nitrogen and oxygen atoms in total. The van der Waals surface area contributed by atoms with Crippen molar-refractivity contribution in [2.75, 3.05) is 6.54 Å². The lowest BCUT2D eigenvalue weighted by Crippen LogP contribution is -2.04. The number of imidazole rings is 1. The molecule has 0 bridgehead atoms. The highest BCUT2D eigenvalue weighted by Crippen LogP contribution is 2.03. The van der Waals surface area contributed by atoms with Crippen molar-refractivity contribution in [3.63, 3.8) is 0 Å². The van der Waals surface area contributed by atoms with Crippen molar-refractivity contribution in [3.05, 3.63) is 24.7 Å². The summed E-state index contributed by atoms with van der Waals surface area (Å²) in [5.74, 6) is 0. The summed E-state index contributed by atoms with van der Waals surface area (Å²) in [6.07, 6.45) is 6.79. The Hall–Kier alpha value is -1.29. The average molecular weight is 164 g/mol. The molecular weight excluding hydrogens is 152 g/mol. The molecule has 2 N–H and O–H groups in total. The lowest BCUT2D eigenvalue weighted by Gasteiger charge is -1.99. The molecule has 0 unspecified atom stereocenters. The fraction of sp³-hybridized carbons (Fsp3) is 0.375. The van der Waals surface area contributed by atoms with E-state index in [9.17, 15) is 0 Å². The first kappa shape index (κ1) is 7.36. The van der Waals surface area contributed by atoms with Gasteiger partial charge in [0.15, 0.2) is 0 Å². The van der Waals surface area contributed by atoms with E-state index in [0.717, 1.165) is 25.2 Å². The van der Waals surface area contributed by atoms with Gasteiger partial charge in [0.2, 0.25) is 0 Å². The molecule has 12 heavy (non-hydrogen) atoms. The van der Waals surface area contributed by atoms with Crippen molar-refractivity contribution in [2.24, 2.45) is 5.73 Å². The lowest BCUT2D eigenvalue weighted by atomic mass is 10.4. The smallest absolute Gasteiger partial charge is 0.135 e. The van der Waals surface area contributed by atoms with Crippen molar-refractivity contribution in [2.45, 2.75) is 13.0 Å². The monoisotopic (exact) mass is 164 g/mol. The van der Waals surface area contributed by atoms with Crippen molar-refractivity contribution in [1.82, 2.24) is 14.2 Å². The Kier molecular flexibility index (Phi) is 1.83. The van der Waals surface area contributed by atoms with Crippen LogP contribution < -0.4 is 5.73 Å². The molecule has 0 aliphatic rings. The predicted octanol–water partition coefficient (Wildman–Crippen LogP) is 0.485. The van der Waals surface area contributed by atoms with Gasteiger partial charge in [-0.15, -0.1) is 0 Å². The molecule has 0 aliphatic carbocycles. The number of hydrogen-bond acceptors (Lipinski definition) is 2. The minimum Gasteiger partial charge on any atom is -0.331 e. The van der Waals surface area contributed by atoms with Crippen LogP contribution >= 0.6 is 0 Å². The van der Waals surface area contributed by atoms with Crippen LogP contribution in [0.2, 0.25) is 0 Å². The number of fused-ring (bicyclic) bond motifs is 1. The third-order valence-corrected chi connectivity index (χ3v) is 1.93. The maximum absolute atomic E-state index is 5.43. The highest BCUT2D eigenvalue weighted by molar-refractivity contribution is 5.37. The zero-order chi connectivity index (χ0) is 8.39. The van der Waals surface area contributed by atoms with Gasteiger partial charge >= 0.3 is 0 Å². The molecule has 2 heterocycles. The summed E-state index contributed by atoms with van der Waals surface area (Å²) in [6, 6.07) is 2.00. The summed E-state index contributed by atoms with van der Waals surface area (Å²) in [7, 11) is 0. The van der Waals surface area contributed by atoms with E-state index in [2.05, 4.69) is 9.67 Å². The van der Waals surface area contributed by atoms with Crippen LogP contribution in [0.25, 0.3) is 5.65 Å². The van der Waals surface area contributed by atoms with E-state index in [-0.39, 0.29) is 0 Å². The van der Waals surface area contributed by atoms with Crippen molar-refractivity contribution < 1.29 is 0 Å². The molecule has 2 aromatic heterocycles. The Balaban J connectivity index is 2.28. The quantitative estimate of drug-likeness (QED) is 0.717. The molecule has 2 rings (SSSR count). The van der Waals surface area contributed by atoms with Crippen LogP contribution in [0.15, 0.2) is 24.7 Å². The fourth-order valence-electron chi connectivity index (χ4n) is 1.32. The summed E-state index contributed by atoms with van der Waals surface area (Å²) < 4.78 is 4.01. The number of aromatic nitrogens is 3. The Morgan fingerprint density at radius 1 is 1.42 bits per heavy atom. The molecule has 2 aromatic rings. The van der Waals surface area contributed by atoms with Crippen LogP contribution in [-0.2, 0) is 6.54 Å². The molecule has 0 radical (unpaired) electrons. The average Bonchev–Trinajstić information content (AvgIpc) is 2.62. The van der Waals surface area contributed by atoms with Gasteiger partial charge in [-0.2, -0.15) is 5.10 Å². The van der Waals surface area contributed by atoms with E-state index < -0.39 is 0 Å². The van der Waals surface area contributed by atoms with E-state index >= 15 is 0 Å². The molecule has 0 atom stereocenters. The number of nitrogens with zero attached hydrogens (tertiary/aromatic N) is 3. The van der Waals surface area contributed by atoms with E-state index in [1.54, 1.807) is 6.20 Å². The molecule has 0 saturated heterocycles. The van der Waals surface area contributed by atoms with E-state index in [1.807, 2.05) is 23.0 Å². The Morgan fingerprint density at radius 2 is 2.33 bits per heavy atom. The van der Waals surface area contributed by atoms with Crippen LogP contribution in [0.4, 0.5) is 0 Å². The van der Waals surface area contributed by atoms with Gasteiger partial charge in [-0.1, -0.05) is 0 Å². The van der Waals surface area contributed by atoms with Gasteiger partial charge in [0.05, 0.1) is 6.20 Å². The molecule has 0 saturated carbocycles. The van der Waals surface area contributed by atoms with Gasteiger partial charge in [0, 0.05) is 25.0 Å². The maximum Gasteiger partial charge on any atom is 0.135 e. The summed E-state index contributed by atoms with van der Waals surface area (Å²) in [6.45, 7) is 1.71. The molecule has 0 spiro atoms. The minimum atomic E-state index is 0.735. The van der Waals surface area contributed by atoms with Gasteiger partial charge in [-0.3, -0.25) is 0 Å². The minimum absolute atomic E-state index is 0.735. The van der Waals surface area contributed by atoms with Crippen molar-refractivity contribution in [1.29, 1.82) is 0 Å². The first-order valence-corrected chi connectivity index (χ1v) is 4.10. The molecule has 0 aliphatic heterocycles. The second-order valence-corrected chi connectivity index (χ2v) is 2.77. The standard InChI is InChI=1S/C8H12N4/c9-3-1-5-11-6-7-12-8(11)2-4-10-12/h2,4,6-7H,1,3,5,9H2. The van der Waals surface area contributed by atoms with Crippen molar-refractivity contribution in [3.8, 4) is 0 Å². The second kappa shape index (κ2) is 2.98. The molecule has 0 fully saturated rings. The summed E-state index contributed by atoms with van der Waals surface area (Å²) in [4.78, 5) is 0. The normalized spacial score (nSPS) is 11.1. The van der Waals surface area contributed by atoms with Crippen LogP contribution in [0.1, 0.15) is 6.42 Å². The van der Waals surface area contributed by atoms with Crippen LogP contribution in [0.5, 0.6) is 0 Å². The van der Waals surface area contributed by atoms with E-state index in [1.165, 1.54) is 0 Å². The van der Waals surface area contributed by atoms with Gasteiger partial charge in [0.1, 0.15) is 5.65 Å². The van der Waals surface area contributed by atoms with Gasteiger partial charge in [-0.05, 0) is 13.0 Å². The molecule has 0 amide bonds. The maximum atomic E-state index is 5.43. The zero-order valence-electron chi connectivity index (χ0n) is 6.85. The first-order valence-electron chi connectivity index (χ1n) is 4.10. The predicted molar refractivity (Wildman–Crippen MR) is 46.9 cm³/mol. The number of hydrogen-bond donors (Lipinski definition) is 1. The third kappa shape index (κ3) is 1.10. The second-order valence-electron chi connectivity index (χ2n) is 2.77. The summed E-state index contributed by atoms with van der Waals surface area (Å²) >= 11 is 0. The highest BCUT2D eigenvalue weighted by Gasteiger charge is 1.98. The lowest BCUT2D eigenvalue weighted by molar-refractivity contribution is 0.667. The summed E-state index contributed by atoms with van der Waals surface area (Å²) in [5, 5.41) is 4.11. The zero-order valence-corrected chi connectivity index (χ0v) is 6.85. The summed E-state index contributed by atoms with van der Waals surface area (Å²) in [5.41, 5.74) is 6.56. The molecular formula is C8H12N4. The molecule has 0 aromatic carbocycles. The number of nitrogens with two attached hydrogens (primary N) is 1.